The van der Waals surface area contributed by atoms with Gasteiger partial charge in [-0.3, -0.25) is 19.4 Å². The number of carbonyl (C=O) groups excluding carboxylic acids is 2. The molecular weight excluding hydrogens is 993 g/mol. The van der Waals surface area contributed by atoms with Gasteiger partial charge in [0.05, 0.1) is 24.4 Å². The predicted octanol–water partition coefficient (Wildman–Crippen LogP) is 15.0. The minimum atomic E-state index is -0.630. The van der Waals surface area contributed by atoms with Crippen LogP contribution in [0.25, 0.3) is 0 Å². The standard InChI is InChI=1S/C70H132N4O6/c1-25-63(9,10)39-41-65(13,14)45-53(75)47-73(49-57(77)69(21,22)37-31-35-67(17,18)51-61(3,4)5)43-29-27-33-55-59(79)72-56(60(80)71-55)34-28-30-44-74(48-54(76)46-66(15,16)42-40-64(11,12)26-2)50-58(78)70(23,24)38-32-36-68(19,20)52-62(6,7)8/h31-32,35-36,39-42,53-58,75-78H,25-30,33-34,37-38,43-52H2,1-24H3,(H,71,80)(H,72,79)/b35-31-,36-32-,41-39-,42-40-. The fraction of sp³-hybridized carbons (Fsp3) is 0.857. The number of hydrogen-bond donors (Lipinski definition) is 6. The van der Waals surface area contributed by atoms with Crippen LogP contribution in [-0.4, -0.2) is 118 Å². The van der Waals surface area contributed by atoms with Crippen LogP contribution in [0.2, 0.25) is 0 Å². The Hall–Kier alpha value is -2.34. The highest BCUT2D eigenvalue weighted by atomic mass is 16.3. The molecule has 1 aliphatic heterocycles. The van der Waals surface area contributed by atoms with Crippen molar-refractivity contribution in [2.24, 2.45) is 54.1 Å². The average molecular weight is 1130 g/mol. The van der Waals surface area contributed by atoms with Gasteiger partial charge in [-0.15, -0.1) is 0 Å². The number of amides is 2. The smallest absolute Gasteiger partial charge is 0.243 e. The predicted molar refractivity (Wildman–Crippen MR) is 342 cm³/mol. The molecule has 0 saturated carbocycles. The van der Waals surface area contributed by atoms with Crippen molar-refractivity contribution < 1.29 is 30.0 Å². The van der Waals surface area contributed by atoms with Crippen molar-refractivity contribution in [3.8, 4) is 0 Å². The van der Waals surface area contributed by atoms with E-state index < -0.39 is 47.3 Å². The number of carbonyl (C=O) groups is 2. The van der Waals surface area contributed by atoms with E-state index in [0.717, 1.165) is 51.4 Å². The van der Waals surface area contributed by atoms with Gasteiger partial charge in [0.25, 0.3) is 0 Å². The number of hydrogen-bond acceptors (Lipinski definition) is 8. The molecule has 1 aliphatic rings. The van der Waals surface area contributed by atoms with Crippen molar-refractivity contribution in [2.75, 3.05) is 39.3 Å². The minimum absolute atomic E-state index is 0.0422. The summed E-state index contributed by atoms with van der Waals surface area (Å²) in [5, 5.41) is 52.9. The van der Waals surface area contributed by atoms with Gasteiger partial charge in [0.1, 0.15) is 12.1 Å². The summed E-state index contributed by atoms with van der Waals surface area (Å²) in [6.07, 6.45) is 26.3. The molecule has 2 amide bonds. The highest BCUT2D eigenvalue weighted by Gasteiger charge is 2.36. The topological polar surface area (TPSA) is 146 Å². The third kappa shape index (κ3) is 32.6. The normalized spacial score (nSPS) is 19.1. The zero-order valence-electron chi connectivity index (χ0n) is 56.7. The van der Waals surface area contributed by atoms with Crippen LogP contribution in [0.15, 0.2) is 48.6 Å². The first-order valence-electron chi connectivity index (χ1n) is 31.7. The zero-order chi connectivity index (χ0) is 62.0. The number of aliphatic hydroxyl groups excluding tert-OH is 4. The SMILES string of the molecule is CCC(C)(C)/C=C\C(C)(C)CC(O)CN(CCCCC1NC(=O)C(CCCCN(CC(O)CC(C)(C)/C=C\C(C)(C)CC)CC(O)C(C)(C)C/C=C\C(C)(C)CC(C)(C)C)NC1=O)CC(O)C(C)(C)C/C=C\C(C)(C)CC(C)(C)C. The van der Waals surface area contributed by atoms with E-state index >= 15 is 0 Å². The first kappa shape index (κ1) is 75.7. The molecule has 0 aromatic heterocycles. The lowest BCUT2D eigenvalue weighted by atomic mass is 9.75. The van der Waals surface area contributed by atoms with Gasteiger partial charge < -0.3 is 31.1 Å². The third-order valence-corrected chi connectivity index (χ3v) is 17.0. The molecule has 10 nitrogen and oxygen atoms in total. The number of allylic oxidation sites excluding steroid dienone is 8. The quantitative estimate of drug-likeness (QED) is 0.0265. The van der Waals surface area contributed by atoms with Crippen LogP contribution in [-0.2, 0) is 9.59 Å². The second kappa shape index (κ2) is 31.7. The molecule has 1 fully saturated rings. The Bertz CT molecular complexity index is 1800. The fourth-order valence-electron chi connectivity index (χ4n) is 11.6. The lowest BCUT2D eigenvalue weighted by Crippen LogP contribution is -2.61. The molecule has 0 spiro atoms. The monoisotopic (exact) mass is 1130 g/mol. The van der Waals surface area contributed by atoms with Gasteiger partial charge in [-0.05, 0) is 157 Å². The highest BCUT2D eigenvalue weighted by Crippen LogP contribution is 2.38. The van der Waals surface area contributed by atoms with Crippen LogP contribution in [0.1, 0.15) is 256 Å². The van der Waals surface area contributed by atoms with E-state index in [-0.39, 0.29) is 55.1 Å². The summed E-state index contributed by atoms with van der Waals surface area (Å²) in [5.74, 6) is -0.325. The molecule has 0 aliphatic carbocycles. The van der Waals surface area contributed by atoms with Gasteiger partial charge in [-0.2, -0.15) is 0 Å². The van der Waals surface area contributed by atoms with Crippen LogP contribution >= 0.6 is 0 Å². The molecule has 0 aromatic rings. The van der Waals surface area contributed by atoms with Crippen molar-refractivity contribution >= 4 is 11.8 Å². The number of rotatable bonds is 38. The van der Waals surface area contributed by atoms with Gasteiger partial charge >= 0.3 is 0 Å². The summed E-state index contributed by atoms with van der Waals surface area (Å²) in [4.78, 5) is 31.5. The molecule has 0 bridgehead atoms. The van der Waals surface area contributed by atoms with Crippen LogP contribution in [0.3, 0.4) is 0 Å². The van der Waals surface area contributed by atoms with Crippen molar-refractivity contribution in [2.45, 2.75) is 293 Å². The Kier molecular flexibility index (Phi) is 30.0. The maximum Gasteiger partial charge on any atom is 0.243 e. The van der Waals surface area contributed by atoms with Gasteiger partial charge in [0.15, 0.2) is 0 Å². The maximum atomic E-state index is 13.6. The summed E-state index contributed by atoms with van der Waals surface area (Å²) in [7, 11) is 0. The zero-order valence-corrected chi connectivity index (χ0v) is 56.7. The van der Waals surface area contributed by atoms with Crippen LogP contribution in [0.4, 0.5) is 0 Å². The molecule has 0 radical (unpaired) electrons. The molecule has 0 aromatic carbocycles. The van der Waals surface area contributed by atoms with Gasteiger partial charge in [-0.25, -0.2) is 0 Å². The Balaban J connectivity index is 3.10. The number of unbranched alkanes of at least 4 members (excludes halogenated alkanes) is 2. The van der Waals surface area contributed by atoms with E-state index in [1.807, 2.05) is 0 Å². The van der Waals surface area contributed by atoms with E-state index in [1.54, 1.807) is 0 Å². The second-order valence-electron chi connectivity index (χ2n) is 33.4. The molecule has 468 valence electrons. The first-order valence-corrected chi connectivity index (χ1v) is 31.7. The van der Waals surface area contributed by atoms with Gasteiger partial charge in [-0.1, -0.05) is 215 Å². The average Bonchev–Trinajstić information content (AvgIpc) is 3.26. The molecule has 80 heavy (non-hydrogen) atoms. The molecule has 1 saturated heterocycles. The van der Waals surface area contributed by atoms with Crippen molar-refractivity contribution in [1.82, 2.24) is 20.4 Å². The largest absolute Gasteiger partial charge is 0.392 e. The fourth-order valence-corrected chi connectivity index (χ4v) is 11.6. The molecule has 1 heterocycles. The Morgan fingerprint density at radius 3 is 1.01 bits per heavy atom. The van der Waals surface area contributed by atoms with Crippen molar-refractivity contribution in [3.05, 3.63) is 48.6 Å². The number of piperazine rings is 1. The summed E-state index contributed by atoms with van der Waals surface area (Å²) in [6, 6.07) is -1.24. The molecule has 6 N–H and O–H groups in total. The van der Waals surface area contributed by atoms with E-state index in [9.17, 15) is 30.0 Å². The van der Waals surface area contributed by atoms with Crippen molar-refractivity contribution in [3.63, 3.8) is 0 Å². The summed E-state index contributed by atoms with van der Waals surface area (Å²) < 4.78 is 0. The maximum absolute atomic E-state index is 13.6. The molecular formula is C70H132N4O6. The van der Waals surface area contributed by atoms with E-state index in [0.29, 0.717) is 77.8 Å². The van der Waals surface area contributed by atoms with Gasteiger partial charge in [0, 0.05) is 26.2 Å². The summed E-state index contributed by atoms with van der Waals surface area (Å²) in [6.45, 7) is 56.2. The van der Waals surface area contributed by atoms with Crippen LogP contribution in [0.5, 0.6) is 0 Å². The minimum Gasteiger partial charge on any atom is -0.392 e. The highest BCUT2D eigenvalue weighted by molar-refractivity contribution is 5.96. The number of aliphatic hydroxyl groups is 4. The molecule has 6 atom stereocenters. The Morgan fingerprint density at radius 1 is 0.425 bits per heavy atom. The second-order valence-corrected chi connectivity index (χ2v) is 33.4. The Labute approximate surface area is 494 Å². The third-order valence-electron chi connectivity index (χ3n) is 17.0. The lowest BCUT2D eigenvalue weighted by molar-refractivity contribution is -0.137. The Morgan fingerprint density at radius 2 is 0.725 bits per heavy atom. The van der Waals surface area contributed by atoms with Crippen molar-refractivity contribution in [1.29, 1.82) is 0 Å². The summed E-state index contributed by atoms with van der Waals surface area (Å²) >= 11 is 0. The van der Waals surface area contributed by atoms with Gasteiger partial charge in [0.2, 0.25) is 11.8 Å². The number of nitrogens with zero attached hydrogens (tertiary/aromatic N) is 2. The molecule has 10 heteroatoms. The van der Waals surface area contributed by atoms with E-state index in [2.05, 4.69) is 235 Å². The molecule has 1 rings (SSSR count). The van der Waals surface area contributed by atoms with E-state index in [4.69, 9.17) is 0 Å². The van der Waals surface area contributed by atoms with Crippen LogP contribution in [0, 0.1) is 54.1 Å². The lowest BCUT2D eigenvalue weighted by Gasteiger charge is -2.36. The first-order chi connectivity index (χ1) is 36.1. The van der Waals surface area contributed by atoms with E-state index in [1.165, 1.54) is 0 Å². The number of nitrogens with one attached hydrogen (secondary N) is 2. The van der Waals surface area contributed by atoms with Crippen LogP contribution < -0.4 is 10.6 Å². The molecule has 6 unspecified atom stereocenters. The summed E-state index contributed by atoms with van der Waals surface area (Å²) in [5.41, 5.74) is -0.541.